The summed E-state index contributed by atoms with van der Waals surface area (Å²) in [7, 11) is 0. The zero-order chi connectivity index (χ0) is 14.3. The van der Waals surface area contributed by atoms with Gasteiger partial charge in [0.1, 0.15) is 5.82 Å². The molecule has 1 rings (SSSR count). The smallest absolute Gasteiger partial charge is 0.307 e. The lowest BCUT2D eigenvalue weighted by Gasteiger charge is -2.18. The van der Waals surface area contributed by atoms with Gasteiger partial charge in [0, 0.05) is 6.54 Å². The van der Waals surface area contributed by atoms with E-state index in [9.17, 15) is 9.18 Å². The maximum Gasteiger partial charge on any atom is 0.307 e. The molecular weight excluding hydrogens is 245 g/mol. The summed E-state index contributed by atoms with van der Waals surface area (Å²) in [4.78, 5) is 11.0. The summed E-state index contributed by atoms with van der Waals surface area (Å²) < 4.78 is 13.0. The van der Waals surface area contributed by atoms with Crippen LogP contribution in [0.2, 0.25) is 0 Å². The molecule has 0 radical (unpaired) electrons. The standard InChI is InChI=1S/C15H22FNO2/c1-2-11(8-13(10-17)15(18)19)6-7-12-4-3-5-14(16)9-12/h3-5,9,11,13H,2,6-8,10,17H2,1H3,(H,18,19). The Balaban J connectivity index is 2.50. The van der Waals surface area contributed by atoms with Gasteiger partial charge in [0.25, 0.3) is 0 Å². The molecule has 4 heteroatoms. The van der Waals surface area contributed by atoms with Gasteiger partial charge in [-0.05, 0) is 42.9 Å². The van der Waals surface area contributed by atoms with Crippen LogP contribution in [-0.4, -0.2) is 17.6 Å². The Morgan fingerprint density at radius 1 is 1.47 bits per heavy atom. The first-order valence-corrected chi connectivity index (χ1v) is 6.74. The molecule has 1 aromatic rings. The first-order valence-electron chi connectivity index (χ1n) is 6.74. The van der Waals surface area contributed by atoms with Gasteiger partial charge in [-0.3, -0.25) is 4.79 Å². The maximum atomic E-state index is 13.0. The minimum atomic E-state index is -0.827. The van der Waals surface area contributed by atoms with Crippen molar-refractivity contribution < 1.29 is 14.3 Å². The largest absolute Gasteiger partial charge is 0.481 e. The van der Waals surface area contributed by atoms with E-state index >= 15 is 0 Å². The van der Waals surface area contributed by atoms with Gasteiger partial charge < -0.3 is 10.8 Å². The Labute approximate surface area is 113 Å². The highest BCUT2D eigenvalue weighted by molar-refractivity contribution is 5.70. The predicted molar refractivity (Wildman–Crippen MR) is 73.3 cm³/mol. The van der Waals surface area contributed by atoms with Crippen LogP contribution in [0.3, 0.4) is 0 Å². The molecule has 0 saturated heterocycles. The normalized spacial score (nSPS) is 14.1. The summed E-state index contributed by atoms with van der Waals surface area (Å²) in [5.41, 5.74) is 6.43. The maximum absolute atomic E-state index is 13.0. The third-order valence-electron chi connectivity index (χ3n) is 3.56. The zero-order valence-corrected chi connectivity index (χ0v) is 11.3. The van der Waals surface area contributed by atoms with Crippen LogP contribution in [0.25, 0.3) is 0 Å². The predicted octanol–water partition coefficient (Wildman–Crippen LogP) is 2.83. The number of nitrogens with two attached hydrogens (primary N) is 1. The number of aryl methyl sites for hydroxylation is 1. The van der Waals surface area contributed by atoms with Gasteiger partial charge in [-0.1, -0.05) is 25.5 Å². The minimum absolute atomic E-state index is 0.172. The summed E-state index contributed by atoms with van der Waals surface area (Å²) in [6.45, 7) is 2.22. The quantitative estimate of drug-likeness (QED) is 0.761. The molecule has 106 valence electrons. The van der Waals surface area contributed by atoms with E-state index in [0.717, 1.165) is 24.8 Å². The van der Waals surface area contributed by atoms with E-state index in [-0.39, 0.29) is 12.4 Å². The van der Waals surface area contributed by atoms with E-state index in [1.165, 1.54) is 12.1 Å². The van der Waals surface area contributed by atoms with Gasteiger partial charge in [-0.15, -0.1) is 0 Å². The Kier molecular flexibility index (Phi) is 6.50. The number of hydrogen-bond donors (Lipinski definition) is 2. The van der Waals surface area contributed by atoms with E-state index in [2.05, 4.69) is 0 Å². The summed E-state index contributed by atoms with van der Waals surface area (Å²) in [6, 6.07) is 6.55. The molecule has 0 saturated carbocycles. The third kappa shape index (κ3) is 5.39. The molecule has 0 fully saturated rings. The highest BCUT2D eigenvalue weighted by Gasteiger charge is 2.20. The Morgan fingerprint density at radius 2 is 2.21 bits per heavy atom. The van der Waals surface area contributed by atoms with Crippen LogP contribution in [0.5, 0.6) is 0 Å². The number of aliphatic carboxylic acids is 1. The molecule has 2 unspecified atom stereocenters. The molecule has 0 heterocycles. The van der Waals surface area contributed by atoms with Crippen molar-refractivity contribution >= 4 is 5.97 Å². The van der Waals surface area contributed by atoms with Gasteiger partial charge in [0.2, 0.25) is 0 Å². The van der Waals surface area contributed by atoms with E-state index < -0.39 is 11.9 Å². The van der Waals surface area contributed by atoms with Crippen LogP contribution < -0.4 is 5.73 Å². The Hall–Kier alpha value is -1.42. The number of benzene rings is 1. The lowest BCUT2D eigenvalue weighted by molar-refractivity contribution is -0.142. The van der Waals surface area contributed by atoms with Gasteiger partial charge in [0.15, 0.2) is 0 Å². The second-order valence-corrected chi connectivity index (χ2v) is 4.95. The number of carbonyl (C=O) groups is 1. The first-order chi connectivity index (χ1) is 9.06. The van der Waals surface area contributed by atoms with Crippen molar-refractivity contribution in [3.05, 3.63) is 35.6 Å². The fourth-order valence-electron chi connectivity index (χ4n) is 2.25. The van der Waals surface area contributed by atoms with Crippen molar-refractivity contribution in [2.24, 2.45) is 17.6 Å². The van der Waals surface area contributed by atoms with Crippen LogP contribution in [0, 0.1) is 17.7 Å². The third-order valence-corrected chi connectivity index (χ3v) is 3.56. The monoisotopic (exact) mass is 267 g/mol. The number of hydrogen-bond acceptors (Lipinski definition) is 2. The summed E-state index contributed by atoms with van der Waals surface area (Å²) in [6.07, 6.45) is 3.15. The van der Waals surface area contributed by atoms with Crippen molar-refractivity contribution in [3.8, 4) is 0 Å². The number of halogens is 1. The summed E-state index contributed by atoms with van der Waals surface area (Å²) in [5, 5.41) is 9.01. The second-order valence-electron chi connectivity index (χ2n) is 4.95. The minimum Gasteiger partial charge on any atom is -0.481 e. The molecule has 0 aliphatic carbocycles. The fraction of sp³-hybridized carbons (Fsp3) is 0.533. The second kappa shape index (κ2) is 7.89. The SMILES string of the molecule is CCC(CCc1cccc(F)c1)CC(CN)C(=O)O. The molecule has 0 bridgehead atoms. The molecular formula is C15H22FNO2. The molecule has 0 aliphatic rings. The van der Waals surface area contributed by atoms with Crippen LogP contribution >= 0.6 is 0 Å². The topological polar surface area (TPSA) is 63.3 Å². The number of rotatable bonds is 8. The molecule has 0 aliphatic heterocycles. The van der Waals surface area contributed by atoms with Crippen molar-refractivity contribution in [3.63, 3.8) is 0 Å². The average Bonchev–Trinajstić information content (AvgIpc) is 2.39. The number of carboxylic acids is 1. The lowest BCUT2D eigenvalue weighted by atomic mass is 9.88. The van der Waals surface area contributed by atoms with Gasteiger partial charge in [-0.25, -0.2) is 4.39 Å². The fourth-order valence-corrected chi connectivity index (χ4v) is 2.25. The van der Waals surface area contributed by atoms with Gasteiger partial charge >= 0.3 is 5.97 Å². The van der Waals surface area contributed by atoms with E-state index in [1.54, 1.807) is 6.07 Å². The van der Waals surface area contributed by atoms with Crippen molar-refractivity contribution in [1.82, 2.24) is 0 Å². The zero-order valence-electron chi connectivity index (χ0n) is 11.3. The van der Waals surface area contributed by atoms with E-state index in [0.29, 0.717) is 12.3 Å². The van der Waals surface area contributed by atoms with Crippen LogP contribution in [0.15, 0.2) is 24.3 Å². The molecule has 3 N–H and O–H groups in total. The first kappa shape index (κ1) is 15.6. The Morgan fingerprint density at radius 3 is 2.74 bits per heavy atom. The average molecular weight is 267 g/mol. The highest BCUT2D eigenvalue weighted by atomic mass is 19.1. The summed E-state index contributed by atoms with van der Waals surface area (Å²) >= 11 is 0. The van der Waals surface area contributed by atoms with Crippen molar-refractivity contribution in [1.29, 1.82) is 0 Å². The van der Waals surface area contributed by atoms with E-state index in [4.69, 9.17) is 10.8 Å². The van der Waals surface area contributed by atoms with E-state index in [1.807, 2.05) is 13.0 Å². The van der Waals surface area contributed by atoms with Gasteiger partial charge in [-0.2, -0.15) is 0 Å². The van der Waals surface area contributed by atoms with Crippen LogP contribution in [-0.2, 0) is 11.2 Å². The summed E-state index contributed by atoms with van der Waals surface area (Å²) in [5.74, 6) is -1.21. The molecule has 0 amide bonds. The van der Waals surface area contributed by atoms with Crippen molar-refractivity contribution in [2.75, 3.05) is 6.54 Å². The van der Waals surface area contributed by atoms with Crippen LogP contribution in [0.1, 0.15) is 31.7 Å². The molecule has 1 aromatic carbocycles. The molecule has 19 heavy (non-hydrogen) atoms. The lowest BCUT2D eigenvalue weighted by Crippen LogP contribution is -2.26. The molecule has 3 nitrogen and oxygen atoms in total. The highest BCUT2D eigenvalue weighted by Crippen LogP contribution is 2.21. The van der Waals surface area contributed by atoms with Gasteiger partial charge in [0.05, 0.1) is 5.92 Å². The molecule has 0 aromatic heterocycles. The Bertz CT molecular complexity index is 409. The molecule has 0 spiro atoms. The van der Waals surface area contributed by atoms with Crippen LogP contribution in [0.4, 0.5) is 4.39 Å². The van der Waals surface area contributed by atoms with Crippen molar-refractivity contribution in [2.45, 2.75) is 32.6 Å². The number of carboxylic acid groups (broad SMARTS) is 1. The molecule has 2 atom stereocenters.